The van der Waals surface area contributed by atoms with E-state index in [-0.39, 0.29) is 6.10 Å². The first-order valence-electron chi connectivity index (χ1n) is 10.2. The van der Waals surface area contributed by atoms with Crippen molar-refractivity contribution >= 4 is 10.9 Å². The minimum absolute atomic E-state index is 0.288. The molecular formula is C22H32N2O. The number of rotatable bonds is 4. The average molecular weight is 341 g/mol. The fraction of sp³-hybridized carbons (Fsp3) is 0.636. The van der Waals surface area contributed by atoms with Crippen LogP contribution in [0.3, 0.4) is 0 Å². The number of benzene rings is 1. The summed E-state index contributed by atoms with van der Waals surface area (Å²) < 4.78 is 2.43. The first-order chi connectivity index (χ1) is 12.1. The van der Waals surface area contributed by atoms with E-state index in [1.807, 2.05) is 0 Å². The largest absolute Gasteiger partial charge is 0.390 e. The van der Waals surface area contributed by atoms with Crippen molar-refractivity contribution in [2.45, 2.75) is 77.5 Å². The Kier molecular flexibility index (Phi) is 4.88. The van der Waals surface area contributed by atoms with Crippen LogP contribution < -0.4 is 0 Å². The van der Waals surface area contributed by atoms with Crippen molar-refractivity contribution in [3.05, 3.63) is 35.0 Å². The molecule has 3 heteroatoms. The van der Waals surface area contributed by atoms with Gasteiger partial charge in [0.15, 0.2) is 0 Å². The summed E-state index contributed by atoms with van der Waals surface area (Å²) in [5, 5.41) is 12.3. The lowest BCUT2D eigenvalue weighted by molar-refractivity contribution is 0.0640. The van der Waals surface area contributed by atoms with E-state index >= 15 is 0 Å². The Bertz CT molecular complexity index is 748. The average Bonchev–Trinajstić information content (AvgIpc) is 2.91. The normalized spacial score (nSPS) is 22.9. The number of likely N-dealkylation sites (tertiary alicyclic amines) is 1. The molecule has 3 nitrogen and oxygen atoms in total. The molecule has 0 radical (unpaired) electrons. The van der Waals surface area contributed by atoms with E-state index in [4.69, 9.17) is 0 Å². The molecule has 4 rings (SSSR count). The highest BCUT2D eigenvalue weighted by molar-refractivity contribution is 5.86. The zero-order chi connectivity index (χ0) is 17.4. The SMILES string of the molecule is Cc1ccc2c(c1)c1c(n2C[C@H](O)CN2CCCC[C@H]2C)CCCC1. The molecule has 0 amide bonds. The number of aliphatic hydroxyl groups is 1. The zero-order valence-corrected chi connectivity index (χ0v) is 15.8. The molecule has 0 saturated carbocycles. The lowest BCUT2D eigenvalue weighted by atomic mass is 9.95. The van der Waals surface area contributed by atoms with Crippen LogP contribution in [0.2, 0.25) is 0 Å². The van der Waals surface area contributed by atoms with Crippen molar-refractivity contribution in [3.63, 3.8) is 0 Å². The first kappa shape index (κ1) is 17.1. The molecule has 1 aliphatic carbocycles. The number of piperidine rings is 1. The predicted octanol–water partition coefficient (Wildman–Crippen LogP) is 4.06. The van der Waals surface area contributed by atoms with Gasteiger partial charge in [0, 0.05) is 29.2 Å². The summed E-state index contributed by atoms with van der Waals surface area (Å²) in [5.41, 5.74) is 5.69. The van der Waals surface area contributed by atoms with Gasteiger partial charge in [-0.15, -0.1) is 0 Å². The standard InChI is InChI=1S/C22H32N2O/c1-16-10-11-22-20(13-16)19-8-3-4-9-21(19)24(22)15-18(25)14-23-12-6-5-7-17(23)2/h10-11,13,17-18,25H,3-9,12,14-15H2,1-2H3/t17-,18-/m1/s1. The molecule has 1 N–H and O–H groups in total. The van der Waals surface area contributed by atoms with Gasteiger partial charge in [-0.1, -0.05) is 18.1 Å². The van der Waals surface area contributed by atoms with Crippen molar-refractivity contribution in [2.24, 2.45) is 0 Å². The number of aliphatic hydroxyl groups excluding tert-OH is 1. The summed E-state index contributed by atoms with van der Waals surface area (Å²) in [5.74, 6) is 0. The number of aryl methyl sites for hydroxylation is 2. The second kappa shape index (κ2) is 7.13. The van der Waals surface area contributed by atoms with E-state index in [2.05, 4.69) is 41.5 Å². The maximum atomic E-state index is 10.8. The fourth-order valence-corrected chi connectivity index (χ4v) is 4.93. The van der Waals surface area contributed by atoms with Crippen LogP contribution in [0.15, 0.2) is 18.2 Å². The number of aromatic nitrogens is 1. The summed E-state index contributed by atoms with van der Waals surface area (Å²) in [6.45, 7) is 7.17. The van der Waals surface area contributed by atoms with E-state index in [0.717, 1.165) is 26.1 Å². The van der Waals surface area contributed by atoms with Gasteiger partial charge in [-0.25, -0.2) is 0 Å². The van der Waals surface area contributed by atoms with Crippen LogP contribution in [-0.4, -0.2) is 39.8 Å². The zero-order valence-electron chi connectivity index (χ0n) is 15.8. The summed E-state index contributed by atoms with van der Waals surface area (Å²) in [7, 11) is 0. The van der Waals surface area contributed by atoms with E-state index in [1.165, 1.54) is 60.7 Å². The molecule has 136 valence electrons. The maximum Gasteiger partial charge on any atom is 0.0845 e. The van der Waals surface area contributed by atoms with Gasteiger partial charge in [0.25, 0.3) is 0 Å². The molecule has 0 bridgehead atoms. The first-order valence-corrected chi connectivity index (χ1v) is 10.2. The monoisotopic (exact) mass is 340 g/mol. The van der Waals surface area contributed by atoms with Crippen molar-refractivity contribution < 1.29 is 5.11 Å². The van der Waals surface area contributed by atoms with Gasteiger partial charge in [-0.3, -0.25) is 4.90 Å². The molecule has 25 heavy (non-hydrogen) atoms. The maximum absolute atomic E-state index is 10.8. The topological polar surface area (TPSA) is 28.4 Å². The van der Waals surface area contributed by atoms with Crippen molar-refractivity contribution in [2.75, 3.05) is 13.1 Å². The molecule has 1 aromatic carbocycles. The van der Waals surface area contributed by atoms with E-state index < -0.39 is 0 Å². The van der Waals surface area contributed by atoms with Gasteiger partial charge >= 0.3 is 0 Å². The summed E-state index contributed by atoms with van der Waals surface area (Å²) >= 11 is 0. The highest BCUT2D eigenvalue weighted by Crippen LogP contribution is 2.33. The molecule has 1 aliphatic heterocycles. The number of β-amino-alcohol motifs (C(OH)–C–C–N with tert-alkyl or cyclic N) is 1. The van der Waals surface area contributed by atoms with Crippen molar-refractivity contribution in [1.82, 2.24) is 9.47 Å². The molecule has 2 heterocycles. The van der Waals surface area contributed by atoms with Gasteiger partial charge in [-0.05, 0) is 76.6 Å². The number of nitrogens with zero attached hydrogens (tertiary/aromatic N) is 2. The van der Waals surface area contributed by atoms with Crippen molar-refractivity contribution in [1.29, 1.82) is 0 Å². The van der Waals surface area contributed by atoms with Crippen LogP contribution in [0.25, 0.3) is 10.9 Å². The van der Waals surface area contributed by atoms with Crippen LogP contribution in [0.5, 0.6) is 0 Å². The summed E-state index contributed by atoms with van der Waals surface area (Å²) in [4.78, 5) is 2.48. The van der Waals surface area contributed by atoms with Gasteiger partial charge in [0.1, 0.15) is 0 Å². The molecule has 2 aliphatic rings. The van der Waals surface area contributed by atoms with Gasteiger partial charge in [0.2, 0.25) is 0 Å². The Hall–Kier alpha value is -1.32. The lowest BCUT2D eigenvalue weighted by Gasteiger charge is -2.35. The van der Waals surface area contributed by atoms with Gasteiger partial charge in [0.05, 0.1) is 12.6 Å². The Morgan fingerprint density at radius 2 is 1.96 bits per heavy atom. The van der Waals surface area contributed by atoms with Crippen LogP contribution in [-0.2, 0) is 19.4 Å². The van der Waals surface area contributed by atoms with Crippen LogP contribution in [0.1, 0.15) is 55.8 Å². The van der Waals surface area contributed by atoms with E-state index in [1.54, 1.807) is 5.56 Å². The second-order valence-corrected chi connectivity index (χ2v) is 8.26. The molecule has 1 fully saturated rings. The number of hydrogen-bond acceptors (Lipinski definition) is 2. The van der Waals surface area contributed by atoms with Gasteiger partial charge in [-0.2, -0.15) is 0 Å². The highest BCUT2D eigenvalue weighted by atomic mass is 16.3. The molecule has 1 saturated heterocycles. The molecule has 0 unspecified atom stereocenters. The molecule has 2 aromatic rings. The Balaban J connectivity index is 1.60. The fourth-order valence-electron chi connectivity index (χ4n) is 4.93. The Morgan fingerprint density at radius 1 is 1.12 bits per heavy atom. The molecule has 1 aromatic heterocycles. The summed E-state index contributed by atoms with van der Waals surface area (Å²) in [6.07, 6.45) is 8.53. The van der Waals surface area contributed by atoms with Gasteiger partial charge < -0.3 is 9.67 Å². The number of hydrogen-bond donors (Lipinski definition) is 1. The molecular weight excluding hydrogens is 308 g/mol. The highest BCUT2D eigenvalue weighted by Gasteiger charge is 2.24. The van der Waals surface area contributed by atoms with Crippen LogP contribution >= 0.6 is 0 Å². The minimum atomic E-state index is -0.288. The smallest absolute Gasteiger partial charge is 0.0845 e. The minimum Gasteiger partial charge on any atom is -0.390 e. The van der Waals surface area contributed by atoms with Crippen LogP contribution in [0, 0.1) is 6.92 Å². The van der Waals surface area contributed by atoms with E-state index in [0.29, 0.717) is 6.04 Å². The van der Waals surface area contributed by atoms with Crippen molar-refractivity contribution in [3.8, 4) is 0 Å². The third-order valence-corrected chi connectivity index (χ3v) is 6.31. The molecule has 2 atom stereocenters. The predicted molar refractivity (Wildman–Crippen MR) is 104 cm³/mol. The Labute approximate surface area is 151 Å². The third-order valence-electron chi connectivity index (χ3n) is 6.31. The second-order valence-electron chi connectivity index (χ2n) is 8.26. The lowest BCUT2D eigenvalue weighted by Crippen LogP contribution is -2.43. The third kappa shape index (κ3) is 3.37. The Morgan fingerprint density at radius 3 is 2.80 bits per heavy atom. The summed E-state index contributed by atoms with van der Waals surface area (Å²) in [6, 6.07) is 7.43. The number of fused-ring (bicyclic) bond motifs is 3. The quantitative estimate of drug-likeness (QED) is 0.909. The van der Waals surface area contributed by atoms with Crippen LogP contribution in [0.4, 0.5) is 0 Å². The van der Waals surface area contributed by atoms with E-state index in [9.17, 15) is 5.11 Å². The molecule has 0 spiro atoms.